The minimum atomic E-state index is -0.453. The van der Waals surface area contributed by atoms with Gasteiger partial charge in [-0.15, -0.1) is 0 Å². The number of nitro groups is 1. The van der Waals surface area contributed by atoms with Crippen LogP contribution < -0.4 is 4.74 Å². The first kappa shape index (κ1) is 22.4. The second-order valence-corrected chi connectivity index (χ2v) is 9.08. The van der Waals surface area contributed by atoms with Gasteiger partial charge in [0.05, 0.1) is 4.92 Å². The number of furan rings is 1. The Morgan fingerprint density at radius 1 is 1.03 bits per heavy atom. The van der Waals surface area contributed by atoms with Gasteiger partial charge in [-0.3, -0.25) is 14.9 Å². The molecule has 2 aliphatic rings. The molecule has 7 heteroatoms. The highest BCUT2D eigenvalue weighted by Crippen LogP contribution is 2.32. The number of carbonyl (C=O) groups excluding carboxylic acids is 1. The smallest absolute Gasteiger partial charge is 0.311 e. The van der Waals surface area contributed by atoms with E-state index in [1.807, 2.05) is 0 Å². The maximum atomic E-state index is 13.5. The summed E-state index contributed by atoms with van der Waals surface area (Å²) in [5.41, 5.74) is 0.717. The summed E-state index contributed by atoms with van der Waals surface area (Å²) in [6.45, 7) is 1.83. The summed E-state index contributed by atoms with van der Waals surface area (Å²) >= 11 is 0. The van der Waals surface area contributed by atoms with E-state index in [2.05, 4.69) is 4.90 Å². The minimum absolute atomic E-state index is 0.0311. The molecule has 7 nitrogen and oxygen atoms in total. The predicted octanol–water partition coefficient (Wildman–Crippen LogP) is 6.18. The Morgan fingerprint density at radius 2 is 1.66 bits per heavy atom. The van der Waals surface area contributed by atoms with Gasteiger partial charge in [0.25, 0.3) is 5.91 Å². The molecule has 1 heterocycles. The first-order valence-electron chi connectivity index (χ1n) is 11.8. The third-order valence-corrected chi connectivity index (χ3v) is 6.72. The Kier molecular flexibility index (Phi) is 7.12. The molecule has 1 amide bonds. The summed E-state index contributed by atoms with van der Waals surface area (Å²) in [5.74, 6) is 0.973. The first-order chi connectivity index (χ1) is 15.5. The largest absolute Gasteiger partial charge is 0.479 e. The fourth-order valence-corrected chi connectivity index (χ4v) is 5.09. The van der Waals surface area contributed by atoms with Gasteiger partial charge >= 0.3 is 5.69 Å². The first-order valence-corrected chi connectivity index (χ1v) is 11.8. The molecule has 0 atom stereocenters. The van der Waals surface area contributed by atoms with E-state index in [0.717, 1.165) is 31.2 Å². The number of nitrogens with zero attached hydrogens (tertiary/aromatic N) is 2. The number of hydrogen-bond acceptors (Lipinski definition) is 5. The topological polar surface area (TPSA) is 85.8 Å². The third kappa shape index (κ3) is 5.14. The van der Waals surface area contributed by atoms with Gasteiger partial charge in [-0.1, -0.05) is 44.6 Å². The molecule has 4 rings (SSSR count). The molecule has 2 fully saturated rings. The second-order valence-electron chi connectivity index (χ2n) is 9.08. The van der Waals surface area contributed by atoms with Crippen molar-refractivity contribution >= 4 is 11.6 Å². The summed E-state index contributed by atoms with van der Waals surface area (Å²) in [4.78, 5) is 26.5. The number of amides is 1. The summed E-state index contributed by atoms with van der Waals surface area (Å²) in [6.07, 6.45) is 11.5. The van der Waals surface area contributed by atoms with Crippen molar-refractivity contribution in [3.05, 3.63) is 57.5 Å². The van der Waals surface area contributed by atoms with Gasteiger partial charge < -0.3 is 14.1 Å². The zero-order valence-corrected chi connectivity index (χ0v) is 18.8. The summed E-state index contributed by atoms with van der Waals surface area (Å²) in [6, 6.07) is 8.87. The zero-order valence-electron chi connectivity index (χ0n) is 18.8. The van der Waals surface area contributed by atoms with Crippen LogP contribution in [0.3, 0.4) is 0 Å². The predicted molar refractivity (Wildman–Crippen MR) is 121 cm³/mol. The fourth-order valence-electron chi connectivity index (χ4n) is 5.09. The van der Waals surface area contributed by atoms with E-state index in [9.17, 15) is 14.9 Å². The molecule has 1 aromatic carbocycles. The van der Waals surface area contributed by atoms with E-state index in [1.54, 1.807) is 31.2 Å². The van der Waals surface area contributed by atoms with E-state index >= 15 is 0 Å². The number of carbonyl (C=O) groups is 1. The third-order valence-electron chi connectivity index (χ3n) is 6.72. The zero-order chi connectivity index (χ0) is 22.5. The number of aryl methyl sites for hydroxylation is 1. The molecule has 0 bridgehead atoms. The lowest BCUT2D eigenvalue weighted by Crippen LogP contribution is -2.48. The second kappa shape index (κ2) is 10.2. The van der Waals surface area contributed by atoms with Gasteiger partial charge in [0.15, 0.2) is 11.5 Å². The van der Waals surface area contributed by atoms with Crippen molar-refractivity contribution < 1.29 is 18.9 Å². The Hall–Kier alpha value is -2.83. The number of benzene rings is 1. The average molecular weight is 441 g/mol. The molecular formula is C25H32N2O5. The number of ether oxygens (including phenoxy) is 1. The molecule has 0 aliphatic heterocycles. The van der Waals surface area contributed by atoms with Crippen LogP contribution >= 0.6 is 0 Å². The summed E-state index contributed by atoms with van der Waals surface area (Å²) < 4.78 is 11.5. The highest BCUT2D eigenvalue weighted by Gasteiger charge is 2.34. The molecule has 2 saturated carbocycles. The van der Waals surface area contributed by atoms with Crippen LogP contribution in [-0.4, -0.2) is 27.8 Å². The van der Waals surface area contributed by atoms with E-state index in [1.165, 1.54) is 44.6 Å². The van der Waals surface area contributed by atoms with Crippen molar-refractivity contribution in [1.82, 2.24) is 4.90 Å². The van der Waals surface area contributed by atoms with E-state index in [4.69, 9.17) is 9.15 Å². The van der Waals surface area contributed by atoms with E-state index < -0.39 is 4.92 Å². The molecule has 32 heavy (non-hydrogen) atoms. The summed E-state index contributed by atoms with van der Waals surface area (Å²) in [5, 5.41) is 11.3. The van der Waals surface area contributed by atoms with Crippen LogP contribution in [0.15, 0.2) is 34.7 Å². The molecule has 2 aliphatic carbocycles. The van der Waals surface area contributed by atoms with Gasteiger partial charge in [0.2, 0.25) is 0 Å². The normalized spacial score (nSPS) is 17.8. The lowest BCUT2D eigenvalue weighted by molar-refractivity contribution is -0.386. The average Bonchev–Trinajstić information content (AvgIpc) is 3.29. The molecule has 0 unspecified atom stereocenters. The Morgan fingerprint density at radius 3 is 2.25 bits per heavy atom. The van der Waals surface area contributed by atoms with Crippen molar-refractivity contribution in [2.75, 3.05) is 0 Å². The van der Waals surface area contributed by atoms with Crippen LogP contribution in [-0.2, 0) is 6.61 Å². The Balaban J connectivity index is 1.47. The Labute approximate surface area is 188 Å². The maximum Gasteiger partial charge on any atom is 0.311 e. The van der Waals surface area contributed by atoms with Crippen LogP contribution in [0.2, 0.25) is 0 Å². The summed E-state index contributed by atoms with van der Waals surface area (Å²) in [7, 11) is 0. The van der Waals surface area contributed by atoms with Crippen LogP contribution in [0, 0.1) is 17.0 Å². The molecule has 172 valence electrons. The quantitative estimate of drug-likeness (QED) is 0.379. The Bertz CT molecular complexity index is 924. The van der Waals surface area contributed by atoms with Crippen molar-refractivity contribution in [2.24, 2.45) is 0 Å². The molecule has 0 saturated heterocycles. The van der Waals surface area contributed by atoms with Crippen molar-refractivity contribution in [3.8, 4) is 5.75 Å². The monoisotopic (exact) mass is 440 g/mol. The lowest BCUT2D eigenvalue weighted by Gasteiger charge is -2.41. The van der Waals surface area contributed by atoms with E-state index in [-0.39, 0.29) is 24.0 Å². The van der Waals surface area contributed by atoms with Crippen LogP contribution in [0.4, 0.5) is 5.69 Å². The van der Waals surface area contributed by atoms with Crippen molar-refractivity contribution in [3.63, 3.8) is 0 Å². The molecule has 0 N–H and O–H groups in total. The van der Waals surface area contributed by atoms with Crippen LogP contribution in [0.1, 0.15) is 86.1 Å². The molecule has 0 spiro atoms. The molecular weight excluding hydrogens is 408 g/mol. The number of nitro benzene ring substituents is 1. The number of rotatable bonds is 7. The van der Waals surface area contributed by atoms with Gasteiger partial charge in [-0.05, 0) is 56.4 Å². The fraction of sp³-hybridized carbons (Fsp3) is 0.560. The SMILES string of the molecule is Cc1ccc(OCc2ccc(C(=O)N(C3CCCCC3)C3CCCCC3)o2)c([N+](=O)[O-])c1. The number of hydrogen-bond donors (Lipinski definition) is 0. The standard InChI is InChI=1S/C25H32N2O5/c1-18-12-14-23(22(16-18)27(29)30)31-17-21-13-15-24(32-21)25(28)26(19-8-4-2-5-9-19)20-10-6-3-7-11-20/h12-16,19-20H,2-11,17H2,1H3. The van der Waals surface area contributed by atoms with Gasteiger partial charge in [-0.25, -0.2) is 0 Å². The maximum absolute atomic E-state index is 13.5. The minimum Gasteiger partial charge on any atom is -0.479 e. The molecule has 1 aromatic heterocycles. The van der Waals surface area contributed by atoms with Gasteiger partial charge in [0.1, 0.15) is 12.4 Å². The van der Waals surface area contributed by atoms with Gasteiger partial charge in [-0.2, -0.15) is 0 Å². The van der Waals surface area contributed by atoms with Crippen LogP contribution in [0.5, 0.6) is 5.75 Å². The molecule has 2 aromatic rings. The highest BCUT2D eigenvalue weighted by molar-refractivity contribution is 5.92. The highest BCUT2D eigenvalue weighted by atomic mass is 16.6. The van der Waals surface area contributed by atoms with Crippen LogP contribution in [0.25, 0.3) is 0 Å². The molecule has 0 radical (unpaired) electrons. The van der Waals surface area contributed by atoms with Gasteiger partial charge in [0, 0.05) is 18.2 Å². The lowest BCUT2D eigenvalue weighted by atomic mass is 9.88. The van der Waals surface area contributed by atoms with E-state index in [0.29, 0.717) is 23.6 Å². The van der Waals surface area contributed by atoms with Crippen molar-refractivity contribution in [2.45, 2.75) is 89.8 Å². The van der Waals surface area contributed by atoms with Crippen molar-refractivity contribution in [1.29, 1.82) is 0 Å².